The minimum absolute atomic E-state index is 0. The van der Waals surface area contributed by atoms with E-state index >= 15 is 0 Å². The third kappa shape index (κ3) is 3.74. The Balaban J connectivity index is 0.00000729. The number of halogens is 10. The van der Waals surface area contributed by atoms with Gasteiger partial charge in [0.1, 0.15) is 4.90 Å². The number of alkyl halides is 8. The van der Waals surface area contributed by atoms with E-state index in [0.29, 0.717) is 12.1 Å². The Bertz CT molecular complexity index is 948. The van der Waals surface area contributed by atoms with Crippen LogP contribution in [0.15, 0.2) is 23.1 Å². The molecule has 0 radical (unpaired) electrons. The zero-order valence-corrected chi connectivity index (χ0v) is 16.0. The van der Waals surface area contributed by atoms with E-state index in [1.54, 1.807) is 0 Å². The average molecular weight is 497 g/mol. The van der Waals surface area contributed by atoms with Crippen LogP contribution in [0, 0.1) is 0 Å². The maximum atomic E-state index is 13.9. The molecule has 5 nitrogen and oxygen atoms in total. The summed E-state index contributed by atoms with van der Waals surface area (Å²) >= 11 is 10.4. The number of hydrogen-bond acceptors (Lipinski definition) is 5. The first-order chi connectivity index (χ1) is 11.7. The van der Waals surface area contributed by atoms with Crippen molar-refractivity contribution in [2.24, 2.45) is 0 Å². The van der Waals surface area contributed by atoms with E-state index < -0.39 is 57.3 Å². The van der Waals surface area contributed by atoms with Gasteiger partial charge in [-0.1, -0.05) is 29.3 Å². The molecule has 0 fully saturated rings. The smallest absolute Gasteiger partial charge is 0.743 e. The quantitative estimate of drug-likeness (QED) is 0.329. The van der Waals surface area contributed by atoms with Crippen molar-refractivity contribution in [2.45, 2.75) is 27.2 Å². The van der Waals surface area contributed by atoms with Gasteiger partial charge in [0, 0.05) is 0 Å². The number of hydrogen-bond donors (Lipinski definition) is 0. The fourth-order valence-corrected chi connectivity index (χ4v) is 4.38. The summed E-state index contributed by atoms with van der Waals surface area (Å²) in [4.78, 5) is -2.01. The van der Waals surface area contributed by atoms with Gasteiger partial charge in [0.25, 0.3) is 9.84 Å². The van der Waals surface area contributed by atoms with E-state index in [-0.39, 0.29) is 18.9 Å². The number of benzene rings is 1. The normalized spacial score (nSPS) is 14.5. The molecule has 156 valence electrons. The van der Waals surface area contributed by atoms with Gasteiger partial charge in [-0.3, -0.25) is 0 Å². The average Bonchev–Trinajstić information content (AvgIpc) is 2.44. The minimum atomic E-state index is -7.65. The Morgan fingerprint density at radius 2 is 1.07 bits per heavy atom. The minimum Gasteiger partial charge on any atom is -0.743 e. The predicted molar refractivity (Wildman–Crippen MR) is 73.1 cm³/mol. The van der Waals surface area contributed by atoms with Crippen molar-refractivity contribution in [2.75, 3.05) is 0 Å². The van der Waals surface area contributed by atoms with Gasteiger partial charge in [0.15, 0.2) is 10.1 Å². The second-order valence-corrected chi connectivity index (χ2v) is 8.85. The Hall–Kier alpha value is -0.303. The summed E-state index contributed by atoms with van der Waals surface area (Å²) in [7, 11) is -14.6. The van der Waals surface area contributed by atoms with Gasteiger partial charge in [-0.2, -0.15) is 35.1 Å². The van der Waals surface area contributed by atoms with E-state index in [4.69, 9.17) is 23.2 Å². The molecule has 28 heavy (non-hydrogen) atoms. The van der Waals surface area contributed by atoms with E-state index in [1.165, 1.54) is 0 Å². The van der Waals surface area contributed by atoms with Gasteiger partial charge >= 0.3 is 41.2 Å². The fourth-order valence-electron chi connectivity index (χ4n) is 1.56. The van der Waals surface area contributed by atoms with Crippen LogP contribution < -0.4 is 18.9 Å². The molecule has 0 saturated carbocycles. The predicted octanol–water partition coefficient (Wildman–Crippen LogP) is 0.773. The second kappa shape index (κ2) is 7.75. The molecule has 1 aromatic rings. The standard InChI is InChI=1S/C10H4Cl2F8O5S2.Li/c11-4-2-1-3-5(12)6(4)26(21,22)9(17,18)7(13,14)8(15,16)10(19,20)27(23,24)25;/h1-3H,(H,23,24,25);/q;+1/p-1. The second-order valence-electron chi connectivity index (χ2n) is 4.69. The van der Waals surface area contributed by atoms with Crippen LogP contribution in [-0.4, -0.2) is 43.7 Å². The third-order valence-electron chi connectivity index (χ3n) is 2.96. The number of rotatable bonds is 6. The summed E-state index contributed by atoms with van der Waals surface area (Å²) in [5.74, 6) is -15.2. The monoisotopic (exact) mass is 496 g/mol. The van der Waals surface area contributed by atoms with Gasteiger partial charge in [0.2, 0.25) is 0 Å². The van der Waals surface area contributed by atoms with E-state index in [2.05, 4.69) is 0 Å². The zero-order chi connectivity index (χ0) is 21.9. The van der Waals surface area contributed by atoms with Crippen molar-refractivity contribution < 1.29 is 75.4 Å². The zero-order valence-electron chi connectivity index (χ0n) is 12.9. The van der Waals surface area contributed by atoms with Gasteiger partial charge in [-0.15, -0.1) is 0 Å². The van der Waals surface area contributed by atoms with E-state index in [9.17, 15) is 56.5 Å². The molecule has 0 amide bonds. The Labute approximate surface area is 173 Å². The van der Waals surface area contributed by atoms with Crippen LogP contribution >= 0.6 is 23.2 Å². The van der Waals surface area contributed by atoms with Crippen LogP contribution in [0.4, 0.5) is 35.1 Å². The van der Waals surface area contributed by atoms with Crippen molar-refractivity contribution in [3.05, 3.63) is 28.2 Å². The first-order valence-corrected chi connectivity index (χ1v) is 9.48. The molecular weight excluding hydrogens is 494 g/mol. The number of sulfone groups is 1. The van der Waals surface area contributed by atoms with Crippen molar-refractivity contribution in [1.82, 2.24) is 0 Å². The molecule has 0 aliphatic rings. The molecule has 0 atom stereocenters. The van der Waals surface area contributed by atoms with Crippen LogP contribution in [0.25, 0.3) is 0 Å². The molecular formula is C10H3Cl2F8LiO5S2. The Morgan fingerprint density at radius 3 is 1.39 bits per heavy atom. The Morgan fingerprint density at radius 1 is 0.750 bits per heavy atom. The van der Waals surface area contributed by atoms with Crippen LogP contribution in [-0.2, 0) is 20.0 Å². The van der Waals surface area contributed by atoms with E-state index in [0.717, 1.165) is 6.07 Å². The maximum Gasteiger partial charge on any atom is 1.00 e. The van der Waals surface area contributed by atoms with Crippen molar-refractivity contribution >= 4 is 43.2 Å². The first-order valence-electron chi connectivity index (χ1n) is 5.83. The molecule has 0 aromatic heterocycles. The van der Waals surface area contributed by atoms with Gasteiger partial charge in [0.05, 0.1) is 10.0 Å². The summed E-state index contributed by atoms with van der Waals surface area (Å²) in [6.07, 6.45) is 0. The molecule has 1 rings (SSSR count). The molecule has 0 aliphatic heterocycles. The Kier molecular flexibility index (Phi) is 7.67. The van der Waals surface area contributed by atoms with Gasteiger partial charge in [-0.25, -0.2) is 16.8 Å². The van der Waals surface area contributed by atoms with Crippen LogP contribution in [0.5, 0.6) is 0 Å². The van der Waals surface area contributed by atoms with E-state index in [1.807, 2.05) is 0 Å². The molecule has 1 aromatic carbocycles. The largest absolute Gasteiger partial charge is 1.00 e. The molecule has 18 heteroatoms. The van der Waals surface area contributed by atoms with Crippen LogP contribution in [0.3, 0.4) is 0 Å². The summed E-state index contributed by atoms with van der Waals surface area (Å²) in [6.45, 7) is 0. The van der Waals surface area contributed by atoms with Crippen molar-refractivity contribution in [3.8, 4) is 0 Å². The third-order valence-corrected chi connectivity index (χ3v) is 6.61. The van der Waals surface area contributed by atoms with Crippen LogP contribution in [0.2, 0.25) is 10.0 Å². The fraction of sp³-hybridized carbons (Fsp3) is 0.400. The SMILES string of the molecule is O=S(=O)([O-])C(F)(F)C(F)(F)C(F)(F)C(F)(F)S(=O)(=O)c1c(Cl)cccc1Cl.[Li+]. The van der Waals surface area contributed by atoms with Gasteiger partial charge < -0.3 is 4.55 Å². The van der Waals surface area contributed by atoms with Crippen molar-refractivity contribution in [1.29, 1.82) is 0 Å². The molecule has 0 saturated heterocycles. The summed E-state index contributed by atoms with van der Waals surface area (Å²) in [5, 5.41) is -16.9. The molecule has 0 spiro atoms. The summed E-state index contributed by atoms with van der Waals surface area (Å²) in [5.41, 5.74) is 0. The molecule has 0 bridgehead atoms. The maximum absolute atomic E-state index is 13.9. The van der Waals surface area contributed by atoms with Crippen LogP contribution in [0.1, 0.15) is 0 Å². The molecule has 0 N–H and O–H groups in total. The summed E-state index contributed by atoms with van der Waals surface area (Å²) < 4.78 is 162. The topological polar surface area (TPSA) is 91.3 Å². The molecule has 0 heterocycles. The summed E-state index contributed by atoms with van der Waals surface area (Å²) in [6, 6.07) is 1.87. The molecule has 0 aliphatic carbocycles. The molecule has 0 unspecified atom stereocenters. The van der Waals surface area contributed by atoms with Crippen molar-refractivity contribution in [3.63, 3.8) is 0 Å². The first kappa shape index (κ1) is 27.7. The van der Waals surface area contributed by atoms with Gasteiger partial charge in [-0.05, 0) is 12.1 Å².